The summed E-state index contributed by atoms with van der Waals surface area (Å²) >= 11 is 0. The highest BCUT2D eigenvalue weighted by molar-refractivity contribution is 5.71. The summed E-state index contributed by atoms with van der Waals surface area (Å²) in [6, 6.07) is 14.1. The van der Waals surface area contributed by atoms with E-state index < -0.39 is 17.4 Å². The molecule has 0 aromatic heterocycles. The zero-order valence-electron chi connectivity index (χ0n) is 17.1. The van der Waals surface area contributed by atoms with Gasteiger partial charge in [-0.25, -0.2) is 8.78 Å². The highest BCUT2D eigenvalue weighted by Crippen LogP contribution is 2.35. The van der Waals surface area contributed by atoms with Crippen LogP contribution in [0.4, 0.5) is 13.2 Å². The second-order valence-electron chi connectivity index (χ2n) is 7.76. The molecule has 1 N–H and O–H groups in total. The van der Waals surface area contributed by atoms with Crippen LogP contribution in [0.5, 0.6) is 5.75 Å². The van der Waals surface area contributed by atoms with Crippen molar-refractivity contribution in [2.45, 2.75) is 25.9 Å². The average molecular weight is 424 g/mol. The topological polar surface area (TPSA) is 29.5 Å². The van der Waals surface area contributed by atoms with E-state index in [1.165, 1.54) is 12.1 Å². The normalized spacial score (nSPS) is 19.1. The van der Waals surface area contributed by atoms with Crippen molar-refractivity contribution >= 4 is 0 Å². The van der Waals surface area contributed by atoms with Gasteiger partial charge in [-0.2, -0.15) is 4.39 Å². The van der Waals surface area contributed by atoms with Gasteiger partial charge in [-0.3, -0.25) is 0 Å². The fourth-order valence-electron chi connectivity index (χ4n) is 4.02. The summed E-state index contributed by atoms with van der Waals surface area (Å²) in [6.45, 7) is 2.63. The summed E-state index contributed by atoms with van der Waals surface area (Å²) in [6.07, 6.45) is 5.91. The van der Waals surface area contributed by atoms with Crippen LogP contribution in [0.25, 0.3) is 22.3 Å². The third-order valence-electron chi connectivity index (χ3n) is 5.71. The average Bonchev–Trinajstić information content (AvgIpc) is 2.79. The molecular weight excluding hydrogens is 401 g/mol. The fourth-order valence-corrected chi connectivity index (χ4v) is 4.02. The Bertz CT molecular complexity index is 1100. The number of hydrogen-bond donors (Lipinski definition) is 1. The summed E-state index contributed by atoms with van der Waals surface area (Å²) < 4.78 is 48.5. The van der Waals surface area contributed by atoms with Gasteiger partial charge in [0.25, 0.3) is 0 Å². The first kappa shape index (κ1) is 21.2. The van der Waals surface area contributed by atoms with Gasteiger partial charge in [-0.1, -0.05) is 48.6 Å². The summed E-state index contributed by atoms with van der Waals surface area (Å²) in [5.41, 5.74) is 2.34. The van der Waals surface area contributed by atoms with Gasteiger partial charge >= 0.3 is 0 Å². The predicted octanol–water partition coefficient (Wildman–Crippen LogP) is 7.19. The summed E-state index contributed by atoms with van der Waals surface area (Å²) in [7, 11) is 0. The Labute approximate surface area is 179 Å². The Kier molecular flexibility index (Phi) is 6.14. The zero-order valence-corrected chi connectivity index (χ0v) is 17.1. The van der Waals surface area contributed by atoms with Crippen molar-refractivity contribution < 1.29 is 23.0 Å². The van der Waals surface area contributed by atoms with E-state index in [1.54, 1.807) is 30.3 Å². The van der Waals surface area contributed by atoms with Crippen molar-refractivity contribution in [3.8, 4) is 28.0 Å². The van der Waals surface area contributed by atoms with E-state index in [9.17, 15) is 18.3 Å². The van der Waals surface area contributed by atoms with Crippen molar-refractivity contribution in [1.82, 2.24) is 0 Å². The molecule has 1 fully saturated rings. The van der Waals surface area contributed by atoms with Crippen molar-refractivity contribution in [3.63, 3.8) is 0 Å². The minimum atomic E-state index is -1.29. The maximum atomic E-state index is 14.9. The zero-order chi connectivity index (χ0) is 22.0. The Morgan fingerprint density at radius 3 is 2.16 bits per heavy atom. The number of halogens is 3. The van der Waals surface area contributed by atoms with Gasteiger partial charge in [-0.05, 0) is 54.7 Å². The van der Waals surface area contributed by atoms with Crippen LogP contribution in [-0.4, -0.2) is 11.7 Å². The molecule has 160 valence electrons. The Balaban J connectivity index is 1.53. The molecule has 0 amide bonds. The predicted molar refractivity (Wildman–Crippen MR) is 115 cm³/mol. The van der Waals surface area contributed by atoms with Gasteiger partial charge < -0.3 is 9.84 Å². The van der Waals surface area contributed by atoms with Crippen LogP contribution in [0.1, 0.15) is 31.4 Å². The van der Waals surface area contributed by atoms with Crippen molar-refractivity contribution in [1.29, 1.82) is 0 Å². The molecule has 0 aliphatic carbocycles. The SMILES string of the molecule is C/C=C/C1CCC(c2ccc(-c3ccc(-c4ccc(O)c(F)c4F)cc3)c(F)c2)OC1. The molecule has 0 spiro atoms. The number of allylic oxidation sites excluding steroid dienone is 1. The number of aromatic hydroxyl groups is 1. The molecule has 2 atom stereocenters. The molecule has 2 unspecified atom stereocenters. The van der Waals surface area contributed by atoms with Crippen molar-refractivity contribution in [3.05, 3.63) is 89.8 Å². The van der Waals surface area contributed by atoms with E-state index in [0.29, 0.717) is 29.2 Å². The van der Waals surface area contributed by atoms with Crippen LogP contribution in [0.15, 0.2) is 66.7 Å². The molecule has 31 heavy (non-hydrogen) atoms. The quantitative estimate of drug-likeness (QED) is 0.449. The van der Waals surface area contributed by atoms with E-state index in [4.69, 9.17) is 4.74 Å². The molecular formula is C26H23F3O2. The van der Waals surface area contributed by atoms with Gasteiger partial charge in [0.05, 0.1) is 12.7 Å². The number of rotatable bonds is 4. The molecule has 5 heteroatoms. The summed E-state index contributed by atoms with van der Waals surface area (Å²) in [5.74, 6) is -3.08. The first-order valence-electron chi connectivity index (χ1n) is 10.3. The van der Waals surface area contributed by atoms with Crippen LogP contribution in [0.2, 0.25) is 0 Å². The lowest BCUT2D eigenvalue weighted by molar-refractivity contribution is -0.00538. The maximum Gasteiger partial charge on any atom is 0.200 e. The third kappa shape index (κ3) is 4.37. The highest BCUT2D eigenvalue weighted by Gasteiger charge is 2.22. The molecule has 3 aromatic carbocycles. The number of ether oxygens (including phenoxy) is 1. The molecule has 0 radical (unpaired) electrons. The first-order valence-corrected chi connectivity index (χ1v) is 10.3. The molecule has 1 saturated heterocycles. The Morgan fingerprint density at radius 1 is 0.871 bits per heavy atom. The van der Waals surface area contributed by atoms with E-state index in [0.717, 1.165) is 24.5 Å². The lowest BCUT2D eigenvalue weighted by Crippen LogP contribution is -2.19. The standard InChI is InChI=1S/C26H23F3O2/c1-2-3-16-4-13-24(31-15-16)19-9-10-20(22(27)14-19)17-5-7-18(8-6-17)21-11-12-23(30)26(29)25(21)28/h2-3,5-12,14,16,24,30H,4,13,15H2,1H3/b3-2+. The molecule has 0 bridgehead atoms. The molecule has 1 aliphatic heterocycles. The van der Waals surface area contributed by atoms with Crippen LogP contribution in [-0.2, 0) is 4.74 Å². The van der Waals surface area contributed by atoms with Crippen LogP contribution in [0, 0.1) is 23.4 Å². The fraction of sp³-hybridized carbons (Fsp3) is 0.231. The van der Waals surface area contributed by atoms with Gasteiger partial charge in [-0.15, -0.1) is 0 Å². The number of phenolic OH excluding ortho intramolecular Hbond substituents is 1. The smallest absolute Gasteiger partial charge is 0.200 e. The minimum absolute atomic E-state index is 0.0309. The largest absolute Gasteiger partial charge is 0.505 e. The van der Waals surface area contributed by atoms with Crippen molar-refractivity contribution in [2.24, 2.45) is 5.92 Å². The first-order chi connectivity index (χ1) is 15.0. The van der Waals surface area contributed by atoms with Crippen LogP contribution < -0.4 is 0 Å². The number of hydrogen-bond acceptors (Lipinski definition) is 2. The third-order valence-corrected chi connectivity index (χ3v) is 5.71. The van der Waals surface area contributed by atoms with Crippen molar-refractivity contribution in [2.75, 3.05) is 6.61 Å². The molecule has 0 saturated carbocycles. The minimum Gasteiger partial charge on any atom is -0.505 e. The van der Waals surface area contributed by atoms with Crippen LogP contribution in [0.3, 0.4) is 0 Å². The second kappa shape index (κ2) is 8.98. The summed E-state index contributed by atoms with van der Waals surface area (Å²) in [5, 5.41) is 9.28. The summed E-state index contributed by atoms with van der Waals surface area (Å²) in [4.78, 5) is 0. The van der Waals surface area contributed by atoms with E-state index in [-0.39, 0.29) is 17.5 Å². The van der Waals surface area contributed by atoms with Gasteiger partial charge in [0.1, 0.15) is 5.82 Å². The molecule has 2 nitrogen and oxygen atoms in total. The lowest BCUT2D eigenvalue weighted by atomic mass is 9.93. The molecule has 1 aliphatic rings. The van der Waals surface area contributed by atoms with Crippen LogP contribution >= 0.6 is 0 Å². The number of phenols is 1. The second-order valence-corrected chi connectivity index (χ2v) is 7.76. The molecule has 4 rings (SSSR count). The highest BCUT2D eigenvalue weighted by atomic mass is 19.2. The van der Waals surface area contributed by atoms with E-state index in [1.807, 2.05) is 19.1 Å². The molecule has 3 aromatic rings. The number of benzene rings is 3. The maximum absolute atomic E-state index is 14.9. The Morgan fingerprint density at radius 2 is 1.55 bits per heavy atom. The lowest BCUT2D eigenvalue weighted by Gasteiger charge is -2.28. The Hall–Kier alpha value is -3.05. The van der Waals surface area contributed by atoms with Gasteiger partial charge in [0, 0.05) is 17.0 Å². The van der Waals surface area contributed by atoms with E-state index >= 15 is 0 Å². The van der Waals surface area contributed by atoms with Gasteiger partial charge in [0.2, 0.25) is 5.82 Å². The molecule has 1 heterocycles. The van der Waals surface area contributed by atoms with E-state index in [2.05, 4.69) is 6.08 Å². The monoisotopic (exact) mass is 424 g/mol. The van der Waals surface area contributed by atoms with Gasteiger partial charge in [0.15, 0.2) is 11.6 Å².